The highest BCUT2D eigenvalue weighted by Crippen LogP contribution is 2.23. The summed E-state index contributed by atoms with van der Waals surface area (Å²) in [5.41, 5.74) is 0.879. The Morgan fingerprint density at radius 3 is 2.45 bits per heavy atom. The molecule has 0 radical (unpaired) electrons. The normalized spacial score (nSPS) is 10.6. The molecule has 2 N–H and O–H groups in total. The third kappa shape index (κ3) is 3.74. The Morgan fingerprint density at radius 2 is 1.69 bits per heavy atom. The van der Waals surface area contributed by atoms with Crippen molar-refractivity contribution < 1.29 is 9.72 Å². The minimum absolute atomic E-state index is 0.0824. The van der Waals surface area contributed by atoms with Gasteiger partial charge in [-0.2, -0.15) is 0 Å². The number of carbonyl (C=O) groups is 1. The van der Waals surface area contributed by atoms with E-state index in [1.54, 1.807) is 6.07 Å². The number of aromatic nitrogens is 1. The molecule has 3 aromatic carbocycles. The average molecular weight is 385 g/mol. The maximum atomic E-state index is 12.5. The molecule has 1 heterocycles. The molecular weight excluding hydrogens is 370 g/mol. The van der Waals surface area contributed by atoms with Crippen LogP contribution in [0, 0.1) is 10.1 Å². The van der Waals surface area contributed by atoms with Gasteiger partial charge in [0, 0.05) is 23.5 Å². The molecule has 0 aliphatic rings. The van der Waals surface area contributed by atoms with Crippen LogP contribution in [0.4, 0.5) is 11.4 Å². The van der Waals surface area contributed by atoms with Crippen LogP contribution < -0.4 is 10.9 Å². The summed E-state index contributed by atoms with van der Waals surface area (Å²) >= 11 is 0. The Bertz CT molecular complexity index is 1310. The quantitative estimate of drug-likeness (QED) is 0.402. The van der Waals surface area contributed by atoms with Gasteiger partial charge in [0.05, 0.1) is 4.92 Å². The number of nitro groups is 1. The molecule has 0 saturated heterocycles. The molecule has 0 fully saturated rings. The van der Waals surface area contributed by atoms with Crippen LogP contribution in [0.2, 0.25) is 0 Å². The molecule has 4 aromatic rings. The number of H-pyrrole nitrogens is 1. The Morgan fingerprint density at radius 1 is 0.897 bits per heavy atom. The first-order valence-corrected chi connectivity index (χ1v) is 8.79. The van der Waals surface area contributed by atoms with Crippen molar-refractivity contribution in [3.63, 3.8) is 0 Å². The van der Waals surface area contributed by atoms with E-state index in [0.717, 1.165) is 16.3 Å². The van der Waals surface area contributed by atoms with Gasteiger partial charge in [-0.25, -0.2) is 0 Å². The molecule has 0 bridgehead atoms. The van der Waals surface area contributed by atoms with Crippen molar-refractivity contribution >= 4 is 28.1 Å². The van der Waals surface area contributed by atoms with Gasteiger partial charge in [0.25, 0.3) is 17.2 Å². The minimum Gasteiger partial charge on any atom is -0.322 e. The molecule has 0 atom stereocenters. The van der Waals surface area contributed by atoms with Crippen LogP contribution in [0.3, 0.4) is 0 Å². The van der Waals surface area contributed by atoms with Crippen LogP contribution in [-0.2, 0) is 0 Å². The van der Waals surface area contributed by atoms with Crippen LogP contribution in [-0.4, -0.2) is 15.8 Å². The number of fused-ring (bicyclic) bond motifs is 1. The maximum absolute atomic E-state index is 12.5. The van der Waals surface area contributed by atoms with E-state index >= 15 is 0 Å². The van der Waals surface area contributed by atoms with Gasteiger partial charge in [-0.1, -0.05) is 42.5 Å². The van der Waals surface area contributed by atoms with E-state index in [1.165, 1.54) is 30.3 Å². The zero-order valence-electron chi connectivity index (χ0n) is 15.1. The zero-order chi connectivity index (χ0) is 20.4. The minimum atomic E-state index is -0.642. The summed E-state index contributed by atoms with van der Waals surface area (Å²) in [7, 11) is 0. The van der Waals surface area contributed by atoms with Crippen molar-refractivity contribution in [2.24, 2.45) is 0 Å². The fourth-order valence-corrected chi connectivity index (χ4v) is 3.07. The predicted octanol–water partition coefficient (Wildman–Crippen LogP) is 4.36. The molecule has 0 saturated carbocycles. The van der Waals surface area contributed by atoms with E-state index in [-0.39, 0.29) is 16.9 Å². The predicted molar refractivity (Wildman–Crippen MR) is 111 cm³/mol. The Labute approximate surface area is 164 Å². The summed E-state index contributed by atoms with van der Waals surface area (Å²) in [4.78, 5) is 37.9. The van der Waals surface area contributed by atoms with E-state index in [9.17, 15) is 19.7 Å². The molecular formula is C22H15N3O4. The zero-order valence-corrected chi connectivity index (χ0v) is 15.1. The second-order valence-corrected chi connectivity index (χ2v) is 6.44. The smallest absolute Gasteiger partial charge is 0.271 e. The van der Waals surface area contributed by atoms with Crippen LogP contribution in [0.5, 0.6) is 0 Å². The highest BCUT2D eigenvalue weighted by Gasteiger charge is 2.14. The molecule has 1 aromatic heterocycles. The van der Waals surface area contributed by atoms with Crippen molar-refractivity contribution in [1.82, 2.24) is 4.98 Å². The maximum Gasteiger partial charge on any atom is 0.271 e. The van der Waals surface area contributed by atoms with Crippen molar-refractivity contribution in [1.29, 1.82) is 0 Å². The van der Waals surface area contributed by atoms with E-state index in [1.807, 2.05) is 42.5 Å². The number of nitrogens with zero attached hydrogens (tertiary/aromatic N) is 1. The highest BCUT2D eigenvalue weighted by atomic mass is 16.6. The van der Waals surface area contributed by atoms with Crippen LogP contribution >= 0.6 is 0 Å². The summed E-state index contributed by atoms with van der Waals surface area (Å²) in [6, 6.07) is 22.3. The van der Waals surface area contributed by atoms with Gasteiger partial charge in [-0.05, 0) is 40.6 Å². The lowest BCUT2D eigenvalue weighted by atomic mass is 10.0. The van der Waals surface area contributed by atoms with Gasteiger partial charge in [-0.3, -0.25) is 19.7 Å². The van der Waals surface area contributed by atoms with Crippen molar-refractivity contribution in [3.8, 4) is 11.3 Å². The number of nitro benzene ring substituents is 1. The van der Waals surface area contributed by atoms with Gasteiger partial charge in [0.2, 0.25) is 0 Å². The summed E-state index contributed by atoms with van der Waals surface area (Å²) in [5, 5.41) is 15.5. The number of pyridine rings is 1. The first-order valence-electron chi connectivity index (χ1n) is 8.79. The number of anilines is 1. The summed E-state index contributed by atoms with van der Waals surface area (Å²) < 4.78 is 0. The Hall–Kier alpha value is -4.26. The molecule has 7 heteroatoms. The van der Waals surface area contributed by atoms with Crippen molar-refractivity contribution in [3.05, 3.63) is 105 Å². The van der Waals surface area contributed by atoms with Crippen molar-refractivity contribution in [2.75, 3.05) is 5.32 Å². The van der Waals surface area contributed by atoms with E-state index < -0.39 is 16.4 Å². The SMILES string of the molecule is O=C(Nc1cccc([N+](=O)[O-])c1)c1ccc(-c2ccc3ccccc3c2)[nH]c1=O. The summed E-state index contributed by atoms with van der Waals surface area (Å²) in [6.07, 6.45) is 0. The number of aromatic amines is 1. The van der Waals surface area contributed by atoms with Gasteiger partial charge in [-0.15, -0.1) is 0 Å². The first-order chi connectivity index (χ1) is 14.0. The molecule has 0 spiro atoms. The standard InChI is InChI=1S/C22H15N3O4/c26-21(23-17-6-3-7-18(13-17)25(28)29)19-10-11-20(24-22(19)27)16-9-8-14-4-1-2-5-15(14)12-16/h1-13H,(H,23,26)(H,24,27). The van der Waals surface area contributed by atoms with Gasteiger partial charge in [0.1, 0.15) is 5.56 Å². The van der Waals surface area contributed by atoms with E-state index in [0.29, 0.717) is 5.69 Å². The first kappa shape index (κ1) is 18.1. The number of rotatable bonds is 4. The third-order valence-electron chi connectivity index (χ3n) is 4.53. The number of benzene rings is 3. The van der Waals surface area contributed by atoms with Gasteiger partial charge in [0.15, 0.2) is 0 Å². The molecule has 0 unspecified atom stereocenters. The summed E-state index contributed by atoms with van der Waals surface area (Å²) in [5.74, 6) is -0.642. The topological polar surface area (TPSA) is 105 Å². The molecule has 0 aliphatic carbocycles. The number of non-ortho nitro benzene ring substituents is 1. The number of hydrogen-bond acceptors (Lipinski definition) is 4. The Balaban J connectivity index is 1.61. The number of hydrogen-bond donors (Lipinski definition) is 2. The van der Waals surface area contributed by atoms with Crippen LogP contribution in [0.1, 0.15) is 10.4 Å². The number of nitrogens with one attached hydrogen (secondary N) is 2. The second-order valence-electron chi connectivity index (χ2n) is 6.44. The Kier molecular flexibility index (Phi) is 4.62. The molecule has 7 nitrogen and oxygen atoms in total. The van der Waals surface area contributed by atoms with Crippen LogP contribution in [0.25, 0.3) is 22.0 Å². The van der Waals surface area contributed by atoms with Crippen molar-refractivity contribution in [2.45, 2.75) is 0 Å². The molecule has 4 rings (SSSR count). The lowest BCUT2D eigenvalue weighted by Crippen LogP contribution is -2.23. The van der Waals surface area contributed by atoms with E-state index in [4.69, 9.17) is 0 Å². The molecule has 0 aliphatic heterocycles. The van der Waals surface area contributed by atoms with Gasteiger partial charge < -0.3 is 10.3 Å². The molecule has 1 amide bonds. The lowest BCUT2D eigenvalue weighted by molar-refractivity contribution is -0.384. The molecule has 142 valence electrons. The van der Waals surface area contributed by atoms with Crippen LogP contribution in [0.15, 0.2) is 83.7 Å². The largest absolute Gasteiger partial charge is 0.322 e. The summed E-state index contributed by atoms with van der Waals surface area (Å²) in [6.45, 7) is 0. The van der Waals surface area contributed by atoms with Gasteiger partial charge >= 0.3 is 0 Å². The highest BCUT2D eigenvalue weighted by molar-refractivity contribution is 6.04. The second kappa shape index (κ2) is 7.40. The average Bonchev–Trinajstić information content (AvgIpc) is 2.73. The molecule has 29 heavy (non-hydrogen) atoms. The lowest BCUT2D eigenvalue weighted by Gasteiger charge is -2.07. The van der Waals surface area contributed by atoms with E-state index in [2.05, 4.69) is 10.3 Å². The fraction of sp³-hybridized carbons (Fsp3) is 0. The fourth-order valence-electron chi connectivity index (χ4n) is 3.07. The number of amides is 1. The number of carbonyl (C=O) groups excluding carboxylic acids is 1. The monoisotopic (exact) mass is 385 g/mol. The third-order valence-corrected chi connectivity index (χ3v) is 4.53.